The smallest absolute Gasteiger partial charge is 0.352 e. The molecule has 4 heterocycles. The zero-order valence-electron chi connectivity index (χ0n) is 22.6. The Morgan fingerprint density at radius 2 is 1.68 bits per heavy atom. The van der Waals surface area contributed by atoms with Crippen molar-refractivity contribution >= 4 is 16.6 Å². The lowest BCUT2D eigenvalue weighted by atomic mass is 10.1. The van der Waals surface area contributed by atoms with Gasteiger partial charge in [0, 0.05) is 38.3 Å². The molecule has 1 aromatic heterocycles. The fourth-order valence-corrected chi connectivity index (χ4v) is 4.90. The quantitative estimate of drug-likeness (QED) is 0.267. The molecule has 0 spiro atoms. The largest absolute Gasteiger partial charge is 0.374 e. The van der Waals surface area contributed by atoms with Gasteiger partial charge in [-0.2, -0.15) is 4.98 Å². The second kappa shape index (κ2) is 10.7. The van der Waals surface area contributed by atoms with Gasteiger partial charge in [-0.25, -0.2) is 14.3 Å². The van der Waals surface area contributed by atoms with Crippen LogP contribution in [-0.4, -0.2) is 37.1 Å². The summed E-state index contributed by atoms with van der Waals surface area (Å²) in [6.07, 6.45) is 13.0. The molecule has 38 heavy (non-hydrogen) atoms. The Balaban J connectivity index is 1.37. The minimum atomic E-state index is -0.508. The van der Waals surface area contributed by atoms with E-state index in [9.17, 15) is 9.59 Å². The lowest BCUT2D eigenvalue weighted by Crippen LogP contribution is -2.39. The Hall–Kier alpha value is -4.07. The van der Waals surface area contributed by atoms with Crippen molar-refractivity contribution in [2.24, 2.45) is 7.05 Å². The monoisotopic (exact) mass is 511 g/mol. The summed E-state index contributed by atoms with van der Waals surface area (Å²) in [4.78, 5) is 37.8. The van der Waals surface area contributed by atoms with Crippen molar-refractivity contribution in [3.05, 3.63) is 92.5 Å². The normalized spacial score (nSPS) is 13.5. The van der Waals surface area contributed by atoms with Crippen LogP contribution in [0.2, 0.25) is 0 Å². The number of allylic oxidation sites excluding steroid dienone is 2. The van der Waals surface area contributed by atoms with E-state index in [0.717, 1.165) is 48.1 Å². The zero-order valence-corrected chi connectivity index (χ0v) is 22.6. The van der Waals surface area contributed by atoms with Crippen LogP contribution in [0.25, 0.3) is 28.1 Å². The first-order chi connectivity index (χ1) is 18.4. The van der Waals surface area contributed by atoms with Gasteiger partial charge in [-0.05, 0) is 73.4 Å². The molecule has 5 rings (SSSR count). The third-order valence-electron chi connectivity index (χ3n) is 7.35. The predicted octanol–water partition coefficient (Wildman–Crippen LogP) is 3.60. The van der Waals surface area contributed by atoms with Gasteiger partial charge in [0.25, 0.3) is 5.56 Å². The van der Waals surface area contributed by atoms with Gasteiger partial charge < -0.3 is 9.47 Å². The first-order valence-electron chi connectivity index (χ1n) is 13.4. The fraction of sp³-hybridized carbons (Fsp3) is 0.367. The van der Waals surface area contributed by atoms with E-state index in [4.69, 9.17) is 4.98 Å². The third kappa shape index (κ3) is 5.03. The molecule has 0 aliphatic carbocycles. The van der Waals surface area contributed by atoms with Crippen LogP contribution in [0.1, 0.15) is 42.9 Å². The van der Waals surface area contributed by atoms with Gasteiger partial charge in [0.05, 0.1) is 11.0 Å². The van der Waals surface area contributed by atoms with Crippen molar-refractivity contribution in [1.29, 1.82) is 0 Å². The van der Waals surface area contributed by atoms with Gasteiger partial charge in [-0.3, -0.25) is 9.36 Å². The number of benzene rings is 1. The Kier molecular flexibility index (Phi) is 7.22. The van der Waals surface area contributed by atoms with Crippen LogP contribution in [0.3, 0.4) is 0 Å². The minimum absolute atomic E-state index is 0.262. The molecule has 0 saturated carbocycles. The number of pyridine rings is 1. The molecular formula is C30H35N6O2+. The summed E-state index contributed by atoms with van der Waals surface area (Å²) in [5.74, 6) is 0.381. The van der Waals surface area contributed by atoms with Gasteiger partial charge in [0.2, 0.25) is 0 Å². The van der Waals surface area contributed by atoms with E-state index < -0.39 is 5.69 Å². The summed E-state index contributed by atoms with van der Waals surface area (Å²) in [6, 6.07) is 8.30. The molecule has 196 valence electrons. The Labute approximate surface area is 222 Å². The fourth-order valence-electron chi connectivity index (χ4n) is 4.90. The molecule has 3 aliphatic heterocycles. The van der Waals surface area contributed by atoms with Crippen molar-refractivity contribution in [1.82, 2.24) is 24.0 Å². The highest BCUT2D eigenvalue weighted by atomic mass is 16.2. The van der Waals surface area contributed by atoms with E-state index >= 15 is 0 Å². The van der Waals surface area contributed by atoms with Crippen LogP contribution < -0.4 is 15.8 Å². The maximum absolute atomic E-state index is 13.5. The molecule has 0 fully saturated rings. The summed E-state index contributed by atoms with van der Waals surface area (Å²) in [5.41, 5.74) is 5.70. The maximum atomic E-state index is 13.5. The lowest BCUT2D eigenvalue weighted by molar-refractivity contribution is -0.671. The van der Waals surface area contributed by atoms with Crippen LogP contribution in [0.4, 0.5) is 0 Å². The van der Waals surface area contributed by atoms with Crippen LogP contribution in [0, 0.1) is 13.8 Å². The first kappa shape index (κ1) is 25.6. The summed E-state index contributed by atoms with van der Waals surface area (Å²) in [7, 11) is 2.00. The zero-order chi connectivity index (χ0) is 26.8. The van der Waals surface area contributed by atoms with Gasteiger partial charge in [0.1, 0.15) is 7.05 Å². The van der Waals surface area contributed by atoms with Crippen molar-refractivity contribution in [3.63, 3.8) is 0 Å². The number of aromatic nitrogens is 5. The summed E-state index contributed by atoms with van der Waals surface area (Å²) in [5, 5.41) is 0. The third-order valence-corrected chi connectivity index (χ3v) is 7.35. The second-order valence-electron chi connectivity index (χ2n) is 10.1. The molecule has 1 aromatic carbocycles. The number of hydrogen-bond acceptors (Lipinski definition) is 5. The van der Waals surface area contributed by atoms with E-state index in [1.165, 1.54) is 15.7 Å². The number of fused-ring (bicyclic) bond motifs is 2. The Morgan fingerprint density at radius 1 is 0.947 bits per heavy atom. The summed E-state index contributed by atoms with van der Waals surface area (Å²) >= 11 is 0. The molecule has 3 aliphatic rings. The number of unbranched alkanes of at least 4 members (excludes halogenated alkanes) is 1. The maximum Gasteiger partial charge on any atom is 0.352 e. The van der Waals surface area contributed by atoms with Crippen molar-refractivity contribution in [2.45, 2.75) is 53.1 Å². The topological polar surface area (TPSA) is 76.9 Å². The molecule has 8 heteroatoms. The van der Waals surface area contributed by atoms with Crippen LogP contribution >= 0.6 is 0 Å². The molecule has 0 N–H and O–H groups in total. The predicted molar refractivity (Wildman–Crippen MR) is 150 cm³/mol. The number of nitrogens with zero attached hydrogens (tertiary/aromatic N) is 6. The highest BCUT2D eigenvalue weighted by Gasteiger charge is 2.22. The van der Waals surface area contributed by atoms with E-state index in [0.29, 0.717) is 25.3 Å². The van der Waals surface area contributed by atoms with E-state index in [1.807, 2.05) is 41.6 Å². The van der Waals surface area contributed by atoms with E-state index in [-0.39, 0.29) is 11.3 Å². The number of rotatable bonds is 8. The molecule has 8 nitrogen and oxygen atoms in total. The highest BCUT2D eigenvalue weighted by molar-refractivity contribution is 5.81. The van der Waals surface area contributed by atoms with Crippen molar-refractivity contribution in [3.8, 4) is 11.5 Å². The number of aryl methyl sites for hydroxylation is 4. The molecule has 0 saturated heterocycles. The average Bonchev–Trinajstić information content (AvgIpc) is 2.91. The first-order valence-corrected chi connectivity index (χ1v) is 13.4. The lowest BCUT2D eigenvalue weighted by Gasteiger charge is -2.23. The van der Waals surface area contributed by atoms with E-state index in [2.05, 4.69) is 60.3 Å². The molecular weight excluding hydrogens is 476 g/mol. The molecule has 0 amide bonds. The standard InChI is InChI=1S/C30H35N6O2/c1-5-6-13-35-26-20-22(3)21(2)19-25(26)31-27-28(35)32-30(38)36(29(27)37)14-7-12-34-17-10-24(11-18-34)23-8-15-33(4)16-9-23/h8-11,15-17,19-20H,5-7,12-14,18H2,1-4H3/q+1. The molecule has 0 unspecified atom stereocenters. The van der Waals surface area contributed by atoms with Crippen LogP contribution in [0.5, 0.6) is 0 Å². The summed E-state index contributed by atoms with van der Waals surface area (Å²) in [6.45, 7) is 8.72. The summed E-state index contributed by atoms with van der Waals surface area (Å²) < 4.78 is 5.25. The van der Waals surface area contributed by atoms with Gasteiger partial charge in [-0.1, -0.05) is 19.4 Å². The molecule has 2 aromatic rings. The van der Waals surface area contributed by atoms with Gasteiger partial charge in [0.15, 0.2) is 23.9 Å². The Morgan fingerprint density at radius 3 is 2.39 bits per heavy atom. The minimum Gasteiger partial charge on any atom is -0.374 e. The molecule has 0 atom stereocenters. The van der Waals surface area contributed by atoms with Crippen molar-refractivity contribution < 1.29 is 4.57 Å². The second-order valence-corrected chi connectivity index (χ2v) is 10.1. The average molecular weight is 512 g/mol. The molecule has 0 bridgehead atoms. The van der Waals surface area contributed by atoms with E-state index in [1.54, 1.807) is 0 Å². The Bertz CT molecular complexity index is 1630. The highest BCUT2D eigenvalue weighted by Crippen LogP contribution is 2.24. The SMILES string of the molecule is CCCCn1c2nc(=O)n(CCCN3C=CC(c4cc[n+](C)cc4)=CC3)c(=O)c-2nc2cc(C)c(C)cc21. The van der Waals surface area contributed by atoms with Crippen LogP contribution in [0.15, 0.2) is 64.6 Å². The van der Waals surface area contributed by atoms with Gasteiger partial charge in [-0.15, -0.1) is 0 Å². The van der Waals surface area contributed by atoms with Crippen molar-refractivity contribution in [2.75, 3.05) is 13.1 Å². The van der Waals surface area contributed by atoms with Gasteiger partial charge >= 0.3 is 5.69 Å². The molecule has 0 radical (unpaired) electrons. The van der Waals surface area contributed by atoms with Crippen LogP contribution in [-0.2, 0) is 20.1 Å². The number of hydrogen-bond donors (Lipinski definition) is 0.